The zero-order chi connectivity index (χ0) is 13.8. The van der Waals surface area contributed by atoms with Crippen molar-refractivity contribution in [2.24, 2.45) is 0 Å². The second-order valence-electron chi connectivity index (χ2n) is 4.66. The van der Waals surface area contributed by atoms with Crippen molar-refractivity contribution in [1.29, 1.82) is 0 Å². The number of hydrogen-bond acceptors (Lipinski definition) is 2. The highest BCUT2D eigenvalue weighted by Crippen LogP contribution is 2.27. The number of hydrogen-bond donors (Lipinski definition) is 2. The zero-order valence-corrected chi connectivity index (χ0v) is 10.9. The molecule has 1 unspecified atom stereocenters. The Kier molecular flexibility index (Phi) is 4.04. The molecule has 0 aromatic heterocycles. The Hall–Kier alpha value is -2.04. The maximum absolute atomic E-state index is 12.1. The standard InChI is InChI=1S/C14H18N2O3/c1-2-5-11(13(17)18)15-14(19)16-9-8-10-6-3-4-7-12(10)16/h3-4,6-7,11H,2,5,8-9H2,1H3,(H,15,19)(H,17,18). The molecular formula is C14H18N2O3. The number of carbonyl (C=O) groups excluding carboxylic acids is 1. The van der Waals surface area contributed by atoms with E-state index in [2.05, 4.69) is 5.32 Å². The van der Waals surface area contributed by atoms with E-state index in [0.717, 1.165) is 17.7 Å². The van der Waals surface area contributed by atoms with Gasteiger partial charge in [-0.05, 0) is 24.5 Å². The minimum atomic E-state index is -0.984. The summed E-state index contributed by atoms with van der Waals surface area (Å²) >= 11 is 0. The Morgan fingerprint density at radius 2 is 2.16 bits per heavy atom. The van der Waals surface area contributed by atoms with Gasteiger partial charge in [0.25, 0.3) is 0 Å². The number of carboxylic acids is 1. The number of nitrogens with zero attached hydrogens (tertiary/aromatic N) is 1. The number of fused-ring (bicyclic) bond motifs is 1. The highest BCUT2D eigenvalue weighted by molar-refractivity contribution is 5.96. The number of urea groups is 1. The van der Waals surface area contributed by atoms with Crippen molar-refractivity contribution < 1.29 is 14.7 Å². The second kappa shape index (κ2) is 5.73. The fourth-order valence-electron chi connectivity index (χ4n) is 2.32. The molecule has 1 aromatic carbocycles. The number of anilines is 1. The van der Waals surface area contributed by atoms with Crippen LogP contribution in [0.5, 0.6) is 0 Å². The van der Waals surface area contributed by atoms with Crippen LogP contribution in [-0.2, 0) is 11.2 Å². The lowest BCUT2D eigenvalue weighted by Crippen LogP contribution is -2.47. The van der Waals surface area contributed by atoms with E-state index < -0.39 is 12.0 Å². The average Bonchev–Trinajstić information content (AvgIpc) is 2.81. The molecule has 1 aromatic rings. The molecule has 5 heteroatoms. The van der Waals surface area contributed by atoms with Crippen LogP contribution in [0.2, 0.25) is 0 Å². The first-order chi connectivity index (χ1) is 9.13. The van der Waals surface area contributed by atoms with Gasteiger partial charge in [0.2, 0.25) is 0 Å². The van der Waals surface area contributed by atoms with Gasteiger partial charge >= 0.3 is 12.0 Å². The lowest BCUT2D eigenvalue weighted by Gasteiger charge is -2.21. The molecule has 19 heavy (non-hydrogen) atoms. The summed E-state index contributed by atoms with van der Waals surface area (Å²) in [6.45, 7) is 2.50. The molecule has 1 aliphatic heterocycles. The van der Waals surface area contributed by atoms with E-state index in [4.69, 9.17) is 5.11 Å². The van der Waals surface area contributed by atoms with Crippen molar-refractivity contribution in [3.8, 4) is 0 Å². The molecule has 2 rings (SSSR count). The van der Waals surface area contributed by atoms with Gasteiger partial charge in [-0.3, -0.25) is 4.90 Å². The summed E-state index contributed by atoms with van der Waals surface area (Å²) in [7, 11) is 0. The number of para-hydroxylation sites is 1. The predicted molar refractivity (Wildman–Crippen MR) is 72.4 cm³/mol. The summed E-state index contributed by atoms with van der Waals surface area (Å²) in [6.07, 6.45) is 1.97. The first-order valence-electron chi connectivity index (χ1n) is 6.52. The first-order valence-corrected chi connectivity index (χ1v) is 6.52. The van der Waals surface area contributed by atoms with Crippen LogP contribution in [0.1, 0.15) is 25.3 Å². The molecule has 2 amide bonds. The molecule has 0 fully saturated rings. The highest BCUT2D eigenvalue weighted by Gasteiger charge is 2.27. The van der Waals surface area contributed by atoms with Crippen molar-refractivity contribution in [2.45, 2.75) is 32.2 Å². The minimum Gasteiger partial charge on any atom is -0.480 e. The highest BCUT2D eigenvalue weighted by atomic mass is 16.4. The van der Waals surface area contributed by atoms with Gasteiger partial charge in [-0.1, -0.05) is 31.5 Å². The number of benzene rings is 1. The Morgan fingerprint density at radius 3 is 2.84 bits per heavy atom. The summed E-state index contributed by atoms with van der Waals surface area (Å²) in [5.41, 5.74) is 2.00. The number of carboxylic acid groups (broad SMARTS) is 1. The number of aliphatic carboxylic acids is 1. The molecule has 0 spiro atoms. The predicted octanol–water partition coefficient (Wildman–Crippen LogP) is 2.01. The van der Waals surface area contributed by atoms with Crippen LogP contribution in [0.15, 0.2) is 24.3 Å². The topological polar surface area (TPSA) is 69.6 Å². The molecule has 1 heterocycles. The summed E-state index contributed by atoms with van der Waals surface area (Å²) in [4.78, 5) is 24.8. The van der Waals surface area contributed by atoms with Gasteiger partial charge in [0.15, 0.2) is 0 Å². The van der Waals surface area contributed by atoms with Gasteiger partial charge in [0, 0.05) is 12.2 Å². The SMILES string of the molecule is CCCC(NC(=O)N1CCc2ccccc21)C(=O)O. The molecule has 1 atom stereocenters. The number of rotatable bonds is 4. The summed E-state index contributed by atoms with van der Waals surface area (Å²) < 4.78 is 0. The first kappa shape index (κ1) is 13.4. The van der Waals surface area contributed by atoms with Crippen LogP contribution < -0.4 is 10.2 Å². The van der Waals surface area contributed by atoms with Gasteiger partial charge in [0.05, 0.1) is 0 Å². The van der Waals surface area contributed by atoms with Crippen LogP contribution in [0.25, 0.3) is 0 Å². The van der Waals surface area contributed by atoms with E-state index in [1.807, 2.05) is 31.2 Å². The molecule has 102 valence electrons. The van der Waals surface area contributed by atoms with Gasteiger partial charge in [-0.2, -0.15) is 0 Å². The molecule has 0 aliphatic carbocycles. The van der Waals surface area contributed by atoms with Crippen LogP contribution in [-0.4, -0.2) is 29.7 Å². The van der Waals surface area contributed by atoms with Crippen LogP contribution in [0, 0.1) is 0 Å². The largest absolute Gasteiger partial charge is 0.480 e. The summed E-state index contributed by atoms with van der Waals surface area (Å²) in [6, 6.07) is 6.56. The van der Waals surface area contributed by atoms with E-state index >= 15 is 0 Å². The number of nitrogens with one attached hydrogen (secondary N) is 1. The fourth-order valence-corrected chi connectivity index (χ4v) is 2.32. The van der Waals surface area contributed by atoms with Crippen LogP contribution >= 0.6 is 0 Å². The van der Waals surface area contributed by atoms with Crippen LogP contribution in [0.3, 0.4) is 0 Å². The molecular weight excluding hydrogens is 244 g/mol. The van der Waals surface area contributed by atoms with Crippen molar-refractivity contribution in [3.63, 3.8) is 0 Å². The van der Waals surface area contributed by atoms with Gasteiger partial charge in [-0.15, -0.1) is 0 Å². The van der Waals surface area contributed by atoms with Crippen LogP contribution in [0.4, 0.5) is 10.5 Å². The minimum absolute atomic E-state index is 0.328. The molecule has 0 saturated heterocycles. The Labute approximate surface area is 112 Å². The smallest absolute Gasteiger partial charge is 0.326 e. The summed E-state index contributed by atoms with van der Waals surface area (Å²) in [5.74, 6) is -0.984. The Bertz CT molecular complexity index is 487. The van der Waals surface area contributed by atoms with Gasteiger partial charge in [0.1, 0.15) is 6.04 Å². The quantitative estimate of drug-likeness (QED) is 0.872. The van der Waals surface area contributed by atoms with E-state index in [-0.39, 0.29) is 6.03 Å². The Morgan fingerprint density at radius 1 is 1.42 bits per heavy atom. The third-order valence-electron chi connectivity index (χ3n) is 3.31. The van der Waals surface area contributed by atoms with E-state index in [1.54, 1.807) is 4.90 Å². The molecule has 5 nitrogen and oxygen atoms in total. The van der Waals surface area contributed by atoms with E-state index in [1.165, 1.54) is 0 Å². The van der Waals surface area contributed by atoms with Gasteiger partial charge in [-0.25, -0.2) is 9.59 Å². The lowest BCUT2D eigenvalue weighted by molar-refractivity contribution is -0.139. The Balaban J connectivity index is 2.07. The molecule has 0 saturated carbocycles. The molecule has 0 bridgehead atoms. The monoisotopic (exact) mass is 262 g/mol. The normalized spacial score (nSPS) is 14.9. The van der Waals surface area contributed by atoms with Crippen molar-refractivity contribution >= 4 is 17.7 Å². The van der Waals surface area contributed by atoms with Crippen molar-refractivity contribution in [2.75, 3.05) is 11.4 Å². The summed E-state index contributed by atoms with van der Waals surface area (Å²) in [5, 5.41) is 11.6. The molecule has 2 N–H and O–H groups in total. The lowest BCUT2D eigenvalue weighted by atomic mass is 10.2. The molecule has 0 radical (unpaired) electrons. The average molecular weight is 262 g/mol. The second-order valence-corrected chi connectivity index (χ2v) is 4.66. The van der Waals surface area contributed by atoms with Gasteiger partial charge < -0.3 is 10.4 Å². The fraction of sp³-hybridized carbons (Fsp3) is 0.429. The van der Waals surface area contributed by atoms with E-state index in [9.17, 15) is 9.59 Å². The third-order valence-corrected chi connectivity index (χ3v) is 3.31. The maximum atomic E-state index is 12.1. The number of amides is 2. The van der Waals surface area contributed by atoms with Crippen molar-refractivity contribution in [3.05, 3.63) is 29.8 Å². The maximum Gasteiger partial charge on any atom is 0.326 e. The zero-order valence-electron chi connectivity index (χ0n) is 10.9. The number of carbonyl (C=O) groups is 2. The molecule has 1 aliphatic rings. The van der Waals surface area contributed by atoms with E-state index in [0.29, 0.717) is 19.4 Å². The third kappa shape index (κ3) is 2.86. The van der Waals surface area contributed by atoms with Crippen molar-refractivity contribution in [1.82, 2.24) is 5.32 Å².